The molecule has 0 saturated heterocycles. The molecule has 1 aromatic carbocycles. The number of nitrogens with zero attached hydrogens (tertiary/aromatic N) is 2. The van der Waals surface area contributed by atoms with Crippen LogP contribution in [0.25, 0.3) is 0 Å². The summed E-state index contributed by atoms with van der Waals surface area (Å²) < 4.78 is 30.8. The highest BCUT2D eigenvalue weighted by atomic mass is 19.1. The maximum Gasteiger partial charge on any atom is 0.165 e. The molecule has 0 aliphatic carbocycles. The van der Waals surface area contributed by atoms with Gasteiger partial charge in [0.05, 0.1) is 7.11 Å². The second-order valence-corrected chi connectivity index (χ2v) is 2.35. The molecule has 1 aromatic rings. The van der Waals surface area contributed by atoms with Crippen LogP contribution in [0.1, 0.15) is 11.1 Å². The molecule has 0 bridgehead atoms. The predicted molar refractivity (Wildman–Crippen MR) is 42.3 cm³/mol. The minimum absolute atomic E-state index is 0.221. The van der Waals surface area contributed by atoms with Gasteiger partial charge in [0.25, 0.3) is 0 Å². The highest BCUT2D eigenvalue weighted by Gasteiger charge is 2.18. The second-order valence-electron chi connectivity index (χ2n) is 2.35. The Morgan fingerprint density at radius 2 is 1.79 bits per heavy atom. The molecule has 0 radical (unpaired) electrons. The molecule has 5 heteroatoms. The van der Waals surface area contributed by atoms with E-state index in [9.17, 15) is 8.78 Å². The van der Waals surface area contributed by atoms with E-state index in [1.807, 2.05) is 0 Å². The van der Waals surface area contributed by atoms with Gasteiger partial charge in [-0.15, -0.1) is 0 Å². The molecular formula is C9H4F2N2O. The van der Waals surface area contributed by atoms with Gasteiger partial charge in [-0.1, -0.05) is 0 Å². The predicted octanol–water partition coefficient (Wildman–Crippen LogP) is 1.72. The van der Waals surface area contributed by atoms with E-state index in [4.69, 9.17) is 10.5 Å². The smallest absolute Gasteiger partial charge is 0.165 e. The van der Waals surface area contributed by atoms with E-state index < -0.39 is 22.8 Å². The van der Waals surface area contributed by atoms with Crippen molar-refractivity contribution in [3.05, 3.63) is 28.8 Å². The van der Waals surface area contributed by atoms with Gasteiger partial charge in [0.2, 0.25) is 0 Å². The normalized spacial score (nSPS) is 8.93. The average Bonchev–Trinajstić information content (AvgIpc) is 2.17. The summed E-state index contributed by atoms with van der Waals surface area (Å²) in [4.78, 5) is 0. The van der Waals surface area contributed by atoms with Gasteiger partial charge < -0.3 is 4.74 Å². The fraction of sp³-hybridized carbons (Fsp3) is 0.111. The number of hydrogen-bond donors (Lipinski definition) is 0. The Morgan fingerprint density at radius 1 is 1.21 bits per heavy atom. The third-order valence-electron chi connectivity index (χ3n) is 1.63. The highest BCUT2D eigenvalue weighted by molar-refractivity contribution is 5.50. The second kappa shape index (κ2) is 3.71. The Bertz CT molecular complexity index is 457. The maximum absolute atomic E-state index is 13.2. The van der Waals surface area contributed by atoms with Crippen molar-refractivity contribution < 1.29 is 13.5 Å². The summed E-state index contributed by atoms with van der Waals surface area (Å²) >= 11 is 0. The van der Waals surface area contributed by atoms with Crippen molar-refractivity contribution in [1.29, 1.82) is 10.5 Å². The van der Waals surface area contributed by atoms with Gasteiger partial charge >= 0.3 is 0 Å². The quantitative estimate of drug-likeness (QED) is 0.683. The van der Waals surface area contributed by atoms with Crippen molar-refractivity contribution in [3.8, 4) is 17.9 Å². The first kappa shape index (κ1) is 9.94. The van der Waals surface area contributed by atoms with Crippen LogP contribution in [0.5, 0.6) is 5.75 Å². The van der Waals surface area contributed by atoms with Gasteiger partial charge in [-0.25, -0.2) is 8.78 Å². The lowest BCUT2D eigenvalue weighted by Crippen LogP contribution is -1.98. The molecule has 0 spiro atoms. The Hall–Kier alpha value is -2.14. The zero-order chi connectivity index (χ0) is 10.7. The monoisotopic (exact) mass is 194 g/mol. The molecule has 0 N–H and O–H groups in total. The fourth-order valence-corrected chi connectivity index (χ4v) is 0.965. The topological polar surface area (TPSA) is 56.8 Å². The Labute approximate surface area is 78.8 Å². The summed E-state index contributed by atoms with van der Waals surface area (Å²) in [6.07, 6.45) is 0. The van der Waals surface area contributed by atoms with Crippen LogP contribution in [0.15, 0.2) is 6.07 Å². The molecule has 0 aliphatic rings. The summed E-state index contributed by atoms with van der Waals surface area (Å²) in [5.41, 5.74) is -1.24. The SMILES string of the molecule is COc1cc(F)c(C#N)c(F)c1C#N. The molecule has 1 rings (SSSR count). The molecule has 0 aliphatic heterocycles. The largest absolute Gasteiger partial charge is 0.495 e. The summed E-state index contributed by atoms with van der Waals surface area (Å²) in [7, 11) is 1.18. The molecule has 0 atom stereocenters. The minimum atomic E-state index is -1.19. The molecule has 0 amide bonds. The number of methoxy groups -OCH3 is 1. The van der Waals surface area contributed by atoms with Gasteiger partial charge in [0.15, 0.2) is 5.82 Å². The van der Waals surface area contributed by atoms with Crippen LogP contribution in [-0.4, -0.2) is 7.11 Å². The van der Waals surface area contributed by atoms with Crippen LogP contribution in [0.3, 0.4) is 0 Å². The average molecular weight is 194 g/mol. The maximum atomic E-state index is 13.2. The van der Waals surface area contributed by atoms with Crippen LogP contribution in [0, 0.1) is 34.3 Å². The molecule has 3 nitrogen and oxygen atoms in total. The third-order valence-corrected chi connectivity index (χ3v) is 1.63. The standard InChI is InChI=1S/C9H4F2N2O/c1-14-8-2-7(10)5(3-12)9(11)6(8)4-13/h2H,1H3. The van der Waals surface area contributed by atoms with Gasteiger partial charge in [0, 0.05) is 6.07 Å². The van der Waals surface area contributed by atoms with Gasteiger partial charge in [-0.2, -0.15) is 10.5 Å². The van der Waals surface area contributed by atoms with Gasteiger partial charge in [-0.05, 0) is 0 Å². The fourth-order valence-electron chi connectivity index (χ4n) is 0.965. The molecule has 14 heavy (non-hydrogen) atoms. The lowest BCUT2D eigenvalue weighted by molar-refractivity contribution is 0.404. The van der Waals surface area contributed by atoms with E-state index in [-0.39, 0.29) is 5.75 Å². The summed E-state index contributed by atoms with van der Waals surface area (Å²) in [5.74, 6) is -2.45. The number of hydrogen-bond acceptors (Lipinski definition) is 3. The van der Waals surface area contributed by atoms with E-state index >= 15 is 0 Å². The summed E-state index contributed by atoms with van der Waals surface area (Å²) in [6, 6.07) is 3.64. The third kappa shape index (κ3) is 1.36. The van der Waals surface area contributed by atoms with Crippen LogP contribution in [-0.2, 0) is 0 Å². The number of halogens is 2. The molecule has 0 aromatic heterocycles. The number of nitriles is 2. The Kier molecular flexibility index (Phi) is 2.64. The lowest BCUT2D eigenvalue weighted by atomic mass is 10.1. The molecule has 0 unspecified atom stereocenters. The Morgan fingerprint density at radius 3 is 2.21 bits per heavy atom. The molecule has 0 fully saturated rings. The molecular weight excluding hydrogens is 190 g/mol. The highest BCUT2D eigenvalue weighted by Crippen LogP contribution is 2.25. The number of rotatable bonds is 1. The van der Waals surface area contributed by atoms with Crippen LogP contribution < -0.4 is 4.74 Å². The molecule has 0 heterocycles. The van der Waals surface area contributed by atoms with Crippen LogP contribution >= 0.6 is 0 Å². The number of benzene rings is 1. The first-order valence-electron chi connectivity index (χ1n) is 3.51. The van der Waals surface area contributed by atoms with Gasteiger partial charge in [-0.3, -0.25) is 0 Å². The van der Waals surface area contributed by atoms with E-state index in [2.05, 4.69) is 4.74 Å². The minimum Gasteiger partial charge on any atom is -0.495 e. The van der Waals surface area contributed by atoms with Crippen molar-refractivity contribution in [2.75, 3.05) is 7.11 Å². The van der Waals surface area contributed by atoms with Crippen LogP contribution in [0.4, 0.5) is 8.78 Å². The summed E-state index contributed by atoms with van der Waals surface area (Å²) in [6.45, 7) is 0. The van der Waals surface area contributed by atoms with Crippen molar-refractivity contribution in [2.45, 2.75) is 0 Å². The lowest BCUT2D eigenvalue weighted by Gasteiger charge is -2.04. The summed E-state index contributed by atoms with van der Waals surface area (Å²) in [5, 5.41) is 16.9. The van der Waals surface area contributed by atoms with Crippen LogP contribution in [0.2, 0.25) is 0 Å². The van der Waals surface area contributed by atoms with Crippen molar-refractivity contribution in [2.24, 2.45) is 0 Å². The van der Waals surface area contributed by atoms with E-state index in [0.29, 0.717) is 0 Å². The van der Waals surface area contributed by atoms with Gasteiger partial charge in [0.1, 0.15) is 34.8 Å². The molecule has 70 valence electrons. The van der Waals surface area contributed by atoms with Crippen molar-refractivity contribution >= 4 is 0 Å². The number of ether oxygens (including phenoxy) is 1. The first-order chi connectivity index (χ1) is 6.65. The van der Waals surface area contributed by atoms with Crippen molar-refractivity contribution in [1.82, 2.24) is 0 Å². The Balaban J connectivity index is 3.60. The molecule has 0 saturated carbocycles. The van der Waals surface area contributed by atoms with E-state index in [1.165, 1.54) is 19.2 Å². The van der Waals surface area contributed by atoms with E-state index in [1.54, 1.807) is 0 Å². The van der Waals surface area contributed by atoms with Crippen molar-refractivity contribution in [3.63, 3.8) is 0 Å². The zero-order valence-corrected chi connectivity index (χ0v) is 7.14. The zero-order valence-electron chi connectivity index (χ0n) is 7.14. The first-order valence-corrected chi connectivity index (χ1v) is 3.51. The van der Waals surface area contributed by atoms with E-state index in [0.717, 1.165) is 6.07 Å².